The summed E-state index contributed by atoms with van der Waals surface area (Å²) >= 11 is 5.48. The maximum absolute atomic E-state index is 13.1. The lowest BCUT2D eigenvalue weighted by molar-refractivity contribution is 0.162. The Hall–Kier alpha value is -1.16. The first-order valence-corrected chi connectivity index (χ1v) is 5.12. The summed E-state index contributed by atoms with van der Waals surface area (Å²) in [6, 6.07) is 2.54. The Bertz CT molecular complexity index is 357. The van der Waals surface area contributed by atoms with E-state index < -0.39 is 5.82 Å². The summed E-state index contributed by atoms with van der Waals surface area (Å²) in [6.45, 7) is 1.17. The van der Waals surface area contributed by atoms with Crippen molar-refractivity contribution in [2.45, 2.75) is 0 Å². The smallest absolute Gasteiger partial charge is 0.203 e. The van der Waals surface area contributed by atoms with Crippen molar-refractivity contribution in [1.29, 1.82) is 0 Å². The lowest BCUT2D eigenvalue weighted by Gasteiger charge is -2.20. The predicted molar refractivity (Wildman–Crippen MR) is 53.6 cm³/mol. The zero-order valence-electron chi connectivity index (χ0n) is 7.96. The van der Waals surface area contributed by atoms with Gasteiger partial charge in [-0.15, -0.1) is 11.6 Å². The summed E-state index contributed by atoms with van der Waals surface area (Å²) in [5, 5.41) is 0. The molecule has 0 amide bonds. The van der Waals surface area contributed by atoms with E-state index in [9.17, 15) is 4.39 Å². The van der Waals surface area contributed by atoms with Gasteiger partial charge in [0.1, 0.15) is 25.6 Å². The Morgan fingerprint density at radius 2 is 2.13 bits per heavy atom. The van der Waals surface area contributed by atoms with E-state index in [0.29, 0.717) is 42.9 Å². The van der Waals surface area contributed by atoms with E-state index in [0.717, 1.165) is 0 Å². The molecule has 3 nitrogen and oxygen atoms in total. The molecule has 0 spiro atoms. The Morgan fingerprint density at radius 3 is 2.93 bits per heavy atom. The molecular formula is C10H10ClFO3. The number of ether oxygens (including phenoxy) is 3. The third-order valence-corrected chi connectivity index (χ3v) is 2.06. The molecule has 0 saturated heterocycles. The van der Waals surface area contributed by atoms with Crippen LogP contribution in [0, 0.1) is 5.82 Å². The van der Waals surface area contributed by atoms with Gasteiger partial charge in [0.05, 0.1) is 5.88 Å². The minimum atomic E-state index is -0.413. The van der Waals surface area contributed by atoms with E-state index in [1.165, 1.54) is 12.1 Å². The number of benzene rings is 1. The van der Waals surface area contributed by atoms with Crippen molar-refractivity contribution in [3.05, 3.63) is 17.9 Å². The van der Waals surface area contributed by atoms with Crippen molar-refractivity contribution >= 4 is 11.6 Å². The van der Waals surface area contributed by atoms with Crippen LogP contribution in [0.3, 0.4) is 0 Å². The standard InChI is InChI=1S/C10H10ClFO3/c11-1-2-13-8-5-7(12)6-9-10(8)15-4-3-14-9/h5-6H,1-4H2. The second kappa shape index (κ2) is 4.57. The van der Waals surface area contributed by atoms with Crippen molar-refractivity contribution in [2.24, 2.45) is 0 Å². The maximum Gasteiger partial charge on any atom is 0.203 e. The number of halogens is 2. The highest BCUT2D eigenvalue weighted by Gasteiger charge is 2.18. The van der Waals surface area contributed by atoms with E-state index in [2.05, 4.69) is 0 Å². The van der Waals surface area contributed by atoms with Crippen molar-refractivity contribution in [3.63, 3.8) is 0 Å². The number of hydrogen-bond donors (Lipinski definition) is 0. The lowest BCUT2D eigenvalue weighted by atomic mass is 10.2. The largest absolute Gasteiger partial charge is 0.488 e. The molecule has 0 saturated carbocycles. The van der Waals surface area contributed by atoms with E-state index >= 15 is 0 Å². The van der Waals surface area contributed by atoms with Gasteiger partial charge in [-0.05, 0) is 0 Å². The van der Waals surface area contributed by atoms with Crippen molar-refractivity contribution in [1.82, 2.24) is 0 Å². The first-order chi connectivity index (χ1) is 7.31. The highest BCUT2D eigenvalue weighted by molar-refractivity contribution is 6.18. The molecule has 0 unspecified atom stereocenters. The second-order valence-electron chi connectivity index (χ2n) is 2.97. The van der Waals surface area contributed by atoms with Crippen LogP contribution in [-0.2, 0) is 0 Å². The molecule has 0 aliphatic carbocycles. The normalized spacial score (nSPS) is 13.7. The van der Waals surface area contributed by atoms with E-state index in [4.69, 9.17) is 25.8 Å². The van der Waals surface area contributed by atoms with Gasteiger partial charge >= 0.3 is 0 Å². The zero-order valence-corrected chi connectivity index (χ0v) is 8.72. The van der Waals surface area contributed by atoms with Crippen LogP contribution >= 0.6 is 11.6 Å². The number of hydrogen-bond acceptors (Lipinski definition) is 3. The molecule has 1 aromatic rings. The molecule has 1 aliphatic heterocycles. The quantitative estimate of drug-likeness (QED) is 0.748. The van der Waals surface area contributed by atoms with Crippen molar-refractivity contribution in [2.75, 3.05) is 25.7 Å². The molecule has 0 N–H and O–H groups in total. The van der Waals surface area contributed by atoms with Crippen molar-refractivity contribution in [3.8, 4) is 17.2 Å². The zero-order chi connectivity index (χ0) is 10.7. The maximum atomic E-state index is 13.1. The average molecular weight is 233 g/mol. The van der Waals surface area contributed by atoms with Gasteiger partial charge in [-0.3, -0.25) is 0 Å². The predicted octanol–water partition coefficient (Wildman–Crippen LogP) is 2.21. The highest BCUT2D eigenvalue weighted by Crippen LogP contribution is 2.40. The number of alkyl halides is 1. The van der Waals surface area contributed by atoms with Crippen LogP contribution in [0.2, 0.25) is 0 Å². The summed E-state index contributed by atoms with van der Waals surface area (Å²) in [5.74, 6) is 1.10. The summed E-state index contributed by atoms with van der Waals surface area (Å²) in [7, 11) is 0. The number of rotatable bonds is 3. The van der Waals surface area contributed by atoms with E-state index in [1.54, 1.807) is 0 Å². The molecule has 0 atom stereocenters. The Morgan fingerprint density at radius 1 is 1.33 bits per heavy atom. The fourth-order valence-corrected chi connectivity index (χ4v) is 1.42. The van der Waals surface area contributed by atoms with Gasteiger partial charge in [0.15, 0.2) is 11.5 Å². The van der Waals surface area contributed by atoms with Gasteiger partial charge in [0.25, 0.3) is 0 Å². The van der Waals surface area contributed by atoms with Crippen LogP contribution in [-0.4, -0.2) is 25.7 Å². The fraction of sp³-hybridized carbons (Fsp3) is 0.400. The van der Waals surface area contributed by atoms with E-state index in [1.807, 2.05) is 0 Å². The molecule has 5 heteroatoms. The minimum absolute atomic E-state index is 0.306. The van der Waals surface area contributed by atoms with Crippen LogP contribution in [0.25, 0.3) is 0 Å². The molecule has 1 heterocycles. The molecule has 2 rings (SSSR count). The Kier molecular flexibility index (Phi) is 3.16. The topological polar surface area (TPSA) is 27.7 Å². The average Bonchev–Trinajstić information content (AvgIpc) is 2.25. The summed E-state index contributed by atoms with van der Waals surface area (Å²) < 4.78 is 29.0. The summed E-state index contributed by atoms with van der Waals surface area (Å²) in [4.78, 5) is 0. The van der Waals surface area contributed by atoms with Gasteiger partial charge in [0, 0.05) is 12.1 Å². The molecular weight excluding hydrogens is 223 g/mol. The first kappa shape index (κ1) is 10.4. The molecule has 0 aromatic heterocycles. The second-order valence-corrected chi connectivity index (χ2v) is 3.34. The van der Waals surface area contributed by atoms with Gasteiger partial charge < -0.3 is 14.2 Å². The molecule has 15 heavy (non-hydrogen) atoms. The Labute approximate surface area is 91.7 Å². The van der Waals surface area contributed by atoms with Crippen LogP contribution in [0.5, 0.6) is 17.2 Å². The summed E-state index contributed by atoms with van der Waals surface area (Å²) in [5.41, 5.74) is 0. The molecule has 0 bridgehead atoms. The van der Waals surface area contributed by atoms with Gasteiger partial charge in [-0.25, -0.2) is 4.39 Å². The van der Waals surface area contributed by atoms with Crippen LogP contribution in [0.15, 0.2) is 12.1 Å². The van der Waals surface area contributed by atoms with Crippen LogP contribution < -0.4 is 14.2 Å². The van der Waals surface area contributed by atoms with Gasteiger partial charge in [-0.1, -0.05) is 0 Å². The van der Waals surface area contributed by atoms with Gasteiger partial charge in [0.2, 0.25) is 5.75 Å². The Balaban J connectivity index is 2.30. The third kappa shape index (κ3) is 2.26. The molecule has 82 valence electrons. The number of fused-ring (bicyclic) bond motifs is 1. The van der Waals surface area contributed by atoms with Crippen LogP contribution in [0.1, 0.15) is 0 Å². The lowest BCUT2D eigenvalue weighted by Crippen LogP contribution is -2.16. The highest BCUT2D eigenvalue weighted by atomic mass is 35.5. The monoisotopic (exact) mass is 232 g/mol. The fourth-order valence-electron chi connectivity index (χ4n) is 1.35. The third-order valence-electron chi connectivity index (χ3n) is 1.91. The van der Waals surface area contributed by atoms with Gasteiger partial charge in [-0.2, -0.15) is 0 Å². The molecule has 0 radical (unpaired) electrons. The first-order valence-electron chi connectivity index (χ1n) is 4.59. The van der Waals surface area contributed by atoms with E-state index in [-0.39, 0.29) is 0 Å². The molecule has 1 aliphatic rings. The minimum Gasteiger partial charge on any atom is -0.488 e. The molecule has 0 fully saturated rings. The SMILES string of the molecule is Fc1cc(OCCCl)c2c(c1)OCCO2. The summed E-state index contributed by atoms with van der Waals surface area (Å²) in [6.07, 6.45) is 0. The molecule has 1 aromatic carbocycles. The van der Waals surface area contributed by atoms with Crippen LogP contribution in [0.4, 0.5) is 4.39 Å². The van der Waals surface area contributed by atoms with Crippen molar-refractivity contribution < 1.29 is 18.6 Å².